The van der Waals surface area contributed by atoms with Gasteiger partial charge in [0, 0.05) is 0 Å². The smallest absolute Gasteiger partial charge is 0.181 e. The van der Waals surface area contributed by atoms with Gasteiger partial charge in [0.05, 0.1) is 16.9 Å². The van der Waals surface area contributed by atoms with E-state index >= 15 is 0 Å². The molecule has 0 atom stereocenters. The first-order chi connectivity index (χ1) is 7.06. The van der Waals surface area contributed by atoms with Crippen molar-refractivity contribution in [2.75, 3.05) is 12.4 Å². The summed E-state index contributed by atoms with van der Waals surface area (Å²) in [4.78, 5) is 0.334. The monoisotopic (exact) mass is 226 g/mol. The van der Waals surface area contributed by atoms with Crippen LogP contribution in [-0.2, 0) is 14.6 Å². The largest absolute Gasteiger partial charge is 0.501 e. The predicted molar refractivity (Wildman–Crippen MR) is 59.4 cm³/mol. The Kier molecular flexibility index (Phi) is 3.91. The molecule has 0 spiro atoms. The summed E-state index contributed by atoms with van der Waals surface area (Å²) in [5.41, 5.74) is 1.04. The van der Waals surface area contributed by atoms with Gasteiger partial charge in [0.1, 0.15) is 6.61 Å². The highest BCUT2D eigenvalue weighted by molar-refractivity contribution is 7.91. The molecule has 0 heterocycles. The Morgan fingerprint density at radius 1 is 1.33 bits per heavy atom. The first-order valence-electron chi connectivity index (χ1n) is 4.58. The van der Waals surface area contributed by atoms with Crippen LogP contribution in [0.4, 0.5) is 0 Å². The van der Waals surface area contributed by atoms with Crippen LogP contribution >= 0.6 is 0 Å². The van der Waals surface area contributed by atoms with Crippen molar-refractivity contribution in [3.8, 4) is 0 Å². The van der Waals surface area contributed by atoms with Gasteiger partial charge in [0.15, 0.2) is 9.84 Å². The zero-order valence-corrected chi connectivity index (χ0v) is 9.46. The summed E-state index contributed by atoms with van der Waals surface area (Å²) in [5, 5.41) is 0. The van der Waals surface area contributed by atoms with Crippen LogP contribution in [0.5, 0.6) is 0 Å². The van der Waals surface area contributed by atoms with E-state index in [9.17, 15) is 8.42 Å². The van der Waals surface area contributed by atoms with Gasteiger partial charge < -0.3 is 4.74 Å². The minimum Gasteiger partial charge on any atom is -0.501 e. The van der Waals surface area contributed by atoms with Crippen molar-refractivity contribution in [1.29, 1.82) is 0 Å². The van der Waals surface area contributed by atoms with E-state index in [1.54, 1.807) is 24.3 Å². The van der Waals surface area contributed by atoms with Gasteiger partial charge in [-0.15, -0.1) is 0 Å². The molecule has 1 aromatic rings. The number of hydrogen-bond acceptors (Lipinski definition) is 3. The molecule has 0 aromatic heterocycles. The first kappa shape index (κ1) is 11.8. The number of benzene rings is 1. The number of rotatable bonds is 5. The molecule has 0 bridgehead atoms. The van der Waals surface area contributed by atoms with Gasteiger partial charge >= 0.3 is 0 Å². The van der Waals surface area contributed by atoms with Crippen molar-refractivity contribution in [3.63, 3.8) is 0 Å². The fraction of sp³-hybridized carbons (Fsp3) is 0.273. The van der Waals surface area contributed by atoms with E-state index in [-0.39, 0.29) is 12.4 Å². The lowest BCUT2D eigenvalue weighted by Gasteiger charge is -2.04. The third-order valence-electron chi connectivity index (χ3n) is 1.97. The van der Waals surface area contributed by atoms with Crippen molar-refractivity contribution < 1.29 is 13.2 Å². The molecule has 0 aliphatic rings. The molecular weight excluding hydrogens is 212 g/mol. The van der Waals surface area contributed by atoms with Gasteiger partial charge in [0.2, 0.25) is 0 Å². The molecule has 4 heteroatoms. The third kappa shape index (κ3) is 3.40. The van der Waals surface area contributed by atoms with E-state index in [4.69, 9.17) is 4.74 Å². The molecule has 82 valence electrons. The first-order valence-corrected chi connectivity index (χ1v) is 6.23. The Morgan fingerprint density at radius 3 is 2.47 bits per heavy atom. The normalized spacial score (nSPS) is 11.0. The van der Waals surface area contributed by atoms with Gasteiger partial charge in [-0.25, -0.2) is 8.42 Å². The Hall–Kier alpha value is -1.29. The summed E-state index contributed by atoms with van der Waals surface area (Å²) < 4.78 is 28.2. The Balaban J connectivity index is 2.77. The van der Waals surface area contributed by atoms with Gasteiger partial charge in [-0.2, -0.15) is 0 Å². The highest BCUT2D eigenvalue weighted by Crippen LogP contribution is 2.11. The third-order valence-corrected chi connectivity index (χ3v) is 3.66. The van der Waals surface area contributed by atoms with Crippen LogP contribution in [-0.4, -0.2) is 20.8 Å². The quantitative estimate of drug-likeness (QED) is 0.569. The number of sulfone groups is 1. The highest BCUT2D eigenvalue weighted by Gasteiger charge is 2.13. The van der Waals surface area contributed by atoms with Gasteiger partial charge in [-0.1, -0.05) is 24.3 Å². The summed E-state index contributed by atoms with van der Waals surface area (Å²) in [6.45, 7) is 5.40. The van der Waals surface area contributed by atoms with Gasteiger partial charge in [-0.3, -0.25) is 0 Å². The molecule has 0 unspecified atom stereocenters. The van der Waals surface area contributed by atoms with Crippen LogP contribution < -0.4 is 0 Å². The highest BCUT2D eigenvalue weighted by atomic mass is 32.2. The SMILES string of the molecule is C=COCCS(=O)(=O)c1ccc(C)cc1. The lowest BCUT2D eigenvalue weighted by Crippen LogP contribution is -2.11. The molecule has 3 nitrogen and oxygen atoms in total. The minimum absolute atomic E-state index is 0.0257. The van der Waals surface area contributed by atoms with E-state index in [1.807, 2.05) is 6.92 Å². The average molecular weight is 226 g/mol. The van der Waals surface area contributed by atoms with E-state index in [2.05, 4.69) is 6.58 Å². The zero-order valence-electron chi connectivity index (χ0n) is 8.64. The molecule has 0 radical (unpaired) electrons. The van der Waals surface area contributed by atoms with Crippen LogP contribution in [0.3, 0.4) is 0 Å². The van der Waals surface area contributed by atoms with Gasteiger partial charge in [0.25, 0.3) is 0 Å². The molecule has 1 rings (SSSR count). The summed E-state index contributed by atoms with van der Waals surface area (Å²) >= 11 is 0. The molecule has 0 fully saturated rings. The molecule has 0 N–H and O–H groups in total. The average Bonchev–Trinajstić information content (AvgIpc) is 2.18. The zero-order chi connectivity index (χ0) is 11.3. The maximum atomic E-state index is 11.7. The van der Waals surface area contributed by atoms with Crippen molar-refractivity contribution in [3.05, 3.63) is 42.7 Å². The summed E-state index contributed by atoms with van der Waals surface area (Å²) in [6.07, 6.45) is 1.24. The van der Waals surface area contributed by atoms with Crippen LogP contribution in [0.25, 0.3) is 0 Å². The number of ether oxygens (including phenoxy) is 1. The molecule has 0 amide bonds. The number of aryl methyl sites for hydroxylation is 1. The van der Waals surface area contributed by atoms with Crippen molar-refractivity contribution >= 4 is 9.84 Å². The van der Waals surface area contributed by atoms with E-state index in [1.165, 1.54) is 6.26 Å². The van der Waals surface area contributed by atoms with E-state index < -0.39 is 9.84 Å². The topological polar surface area (TPSA) is 43.4 Å². The Labute approximate surface area is 90.3 Å². The fourth-order valence-electron chi connectivity index (χ4n) is 1.10. The van der Waals surface area contributed by atoms with Crippen LogP contribution in [0.2, 0.25) is 0 Å². The second-order valence-electron chi connectivity index (χ2n) is 3.17. The summed E-state index contributed by atoms with van der Waals surface area (Å²) in [6, 6.07) is 6.78. The van der Waals surface area contributed by atoms with Crippen molar-refractivity contribution in [2.24, 2.45) is 0 Å². The van der Waals surface area contributed by atoms with Crippen LogP contribution in [0.1, 0.15) is 5.56 Å². The lowest BCUT2D eigenvalue weighted by molar-refractivity contribution is 0.272. The lowest BCUT2D eigenvalue weighted by atomic mass is 10.2. The molecule has 15 heavy (non-hydrogen) atoms. The maximum absolute atomic E-state index is 11.7. The molecule has 0 aliphatic heterocycles. The van der Waals surface area contributed by atoms with Crippen LogP contribution in [0.15, 0.2) is 42.0 Å². The van der Waals surface area contributed by atoms with Crippen molar-refractivity contribution in [1.82, 2.24) is 0 Å². The standard InChI is InChI=1S/C11H14O3S/c1-3-14-8-9-15(12,13)11-6-4-10(2)5-7-11/h3-7H,1,8-9H2,2H3. The number of hydrogen-bond donors (Lipinski definition) is 0. The second-order valence-corrected chi connectivity index (χ2v) is 5.28. The van der Waals surface area contributed by atoms with Crippen LogP contribution in [0, 0.1) is 6.92 Å². The summed E-state index contributed by atoms with van der Waals surface area (Å²) in [7, 11) is -3.22. The maximum Gasteiger partial charge on any atom is 0.181 e. The molecule has 0 saturated heterocycles. The molecule has 1 aromatic carbocycles. The molecule has 0 saturated carbocycles. The van der Waals surface area contributed by atoms with Gasteiger partial charge in [-0.05, 0) is 19.1 Å². The summed E-state index contributed by atoms with van der Waals surface area (Å²) in [5.74, 6) is -0.0257. The predicted octanol–water partition coefficient (Wildman–Crippen LogP) is 1.93. The van der Waals surface area contributed by atoms with E-state index in [0.717, 1.165) is 5.56 Å². The van der Waals surface area contributed by atoms with Crippen molar-refractivity contribution in [2.45, 2.75) is 11.8 Å². The van der Waals surface area contributed by atoms with E-state index in [0.29, 0.717) is 4.90 Å². The Bertz CT molecular complexity index is 418. The second kappa shape index (κ2) is 4.98. The Morgan fingerprint density at radius 2 is 1.93 bits per heavy atom. The molecular formula is C11H14O3S. The minimum atomic E-state index is -3.22. The fourth-order valence-corrected chi connectivity index (χ4v) is 2.21. The molecule has 0 aliphatic carbocycles.